The van der Waals surface area contributed by atoms with Gasteiger partial charge < -0.3 is 5.32 Å². The Hall–Kier alpha value is -1.68. The third-order valence-corrected chi connectivity index (χ3v) is 3.13. The second-order valence-corrected chi connectivity index (χ2v) is 5.51. The van der Waals surface area contributed by atoms with Crippen LogP contribution < -0.4 is 5.32 Å². The van der Waals surface area contributed by atoms with Gasteiger partial charge in [0.15, 0.2) is 0 Å². The first-order valence-electron chi connectivity index (χ1n) is 7.39. The molecule has 4 heteroatoms. The SMILES string of the molecule is CCCc1nccn1-c1cc(CNCC(C)C)ccn1. The summed E-state index contributed by atoms with van der Waals surface area (Å²) < 4.78 is 2.08. The van der Waals surface area contributed by atoms with Crippen molar-refractivity contribution in [1.29, 1.82) is 0 Å². The van der Waals surface area contributed by atoms with Crippen molar-refractivity contribution in [2.45, 2.75) is 40.2 Å². The Morgan fingerprint density at radius 2 is 2.10 bits per heavy atom. The van der Waals surface area contributed by atoms with E-state index in [0.29, 0.717) is 5.92 Å². The summed E-state index contributed by atoms with van der Waals surface area (Å²) >= 11 is 0. The molecule has 20 heavy (non-hydrogen) atoms. The number of hydrogen-bond acceptors (Lipinski definition) is 3. The van der Waals surface area contributed by atoms with E-state index in [1.54, 1.807) is 0 Å². The second-order valence-electron chi connectivity index (χ2n) is 5.51. The van der Waals surface area contributed by atoms with Gasteiger partial charge in [-0.1, -0.05) is 20.8 Å². The van der Waals surface area contributed by atoms with Crippen molar-refractivity contribution in [3.63, 3.8) is 0 Å². The Bertz CT molecular complexity index is 531. The van der Waals surface area contributed by atoms with E-state index in [4.69, 9.17) is 0 Å². The van der Waals surface area contributed by atoms with E-state index in [-0.39, 0.29) is 0 Å². The van der Waals surface area contributed by atoms with Gasteiger partial charge >= 0.3 is 0 Å². The molecule has 0 saturated carbocycles. The van der Waals surface area contributed by atoms with Crippen LogP contribution in [0, 0.1) is 5.92 Å². The molecule has 0 aliphatic carbocycles. The first kappa shape index (κ1) is 14.7. The van der Waals surface area contributed by atoms with Gasteiger partial charge in [0.05, 0.1) is 0 Å². The highest BCUT2D eigenvalue weighted by Crippen LogP contribution is 2.11. The van der Waals surface area contributed by atoms with Crippen LogP contribution in [0.1, 0.15) is 38.6 Å². The highest BCUT2D eigenvalue weighted by Gasteiger charge is 2.06. The lowest BCUT2D eigenvalue weighted by atomic mass is 10.2. The Balaban J connectivity index is 2.10. The Morgan fingerprint density at radius 3 is 2.85 bits per heavy atom. The Kier molecular flexibility index (Phi) is 5.30. The fourth-order valence-electron chi connectivity index (χ4n) is 2.16. The fourth-order valence-corrected chi connectivity index (χ4v) is 2.16. The maximum absolute atomic E-state index is 4.46. The van der Waals surface area contributed by atoms with Gasteiger partial charge in [0.1, 0.15) is 11.6 Å². The molecule has 0 aromatic carbocycles. The van der Waals surface area contributed by atoms with Crippen LogP contribution in [0.3, 0.4) is 0 Å². The zero-order valence-corrected chi connectivity index (χ0v) is 12.6. The highest BCUT2D eigenvalue weighted by molar-refractivity contribution is 5.29. The lowest BCUT2D eigenvalue weighted by Crippen LogP contribution is -2.19. The van der Waals surface area contributed by atoms with E-state index < -0.39 is 0 Å². The van der Waals surface area contributed by atoms with Crippen molar-refractivity contribution < 1.29 is 0 Å². The monoisotopic (exact) mass is 272 g/mol. The molecule has 0 spiro atoms. The predicted molar refractivity (Wildman–Crippen MR) is 81.9 cm³/mol. The molecule has 0 atom stereocenters. The smallest absolute Gasteiger partial charge is 0.138 e. The molecule has 2 aromatic heterocycles. The average Bonchev–Trinajstić information content (AvgIpc) is 2.87. The van der Waals surface area contributed by atoms with Crippen molar-refractivity contribution in [3.05, 3.63) is 42.1 Å². The first-order chi connectivity index (χ1) is 9.70. The van der Waals surface area contributed by atoms with Gasteiger partial charge in [0.25, 0.3) is 0 Å². The van der Waals surface area contributed by atoms with Gasteiger partial charge in [-0.15, -0.1) is 0 Å². The molecule has 0 fully saturated rings. The van der Waals surface area contributed by atoms with Crippen LogP contribution in [0.2, 0.25) is 0 Å². The van der Waals surface area contributed by atoms with Crippen LogP contribution in [0.5, 0.6) is 0 Å². The minimum atomic E-state index is 0.668. The number of nitrogens with zero attached hydrogens (tertiary/aromatic N) is 3. The average molecular weight is 272 g/mol. The molecule has 2 rings (SSSR count). The van der Waals surface area contributed by atoms with Crippen LogP contribution in [0.4, 0.5) is 0 Å². The molecule has 1 N–H and O–H groups in total. The Morgan fingerprint density at radius 1 is 1.25 bits per heavy atom. The van der Waals surface area contributed by atoms with Gasteiger partial charge in [-0.25, -0.2) is 9.97 Å². The number of hydrogen-bond donors (Lipinski definition) is 1. The molecule has 0 amide bonds. The molecular formula is C16H24N4. The van der Waals surface area contributed by atoms with E-state index in [1.807, 2.05) is 18.6 Å². The molecule has 2 aromatic rings. The highest BCUT2D eigenvalue weighted by atomic mass is 15.1. The summed E-state index contributed by atoms with van der Waals surface area (Å²) in [7, 11) is 0. The molecule has 0 aliphatic heterocycles. The van der Waals surface area contributed by atoms with E-state index in [0.717, 1.165) is 37.6 Å². The van der Waals surface area contributed by atoms with Crippen LogP contribution in [0.15, 0.2) is 30.7 Å². The van der Waals surface area contributed by atoms with Crippen molar-refractivity contribution in [2.75, 3.05) is 6.54 Å². The molecule has 0 radical (unpaired) electrons. The quantitative estimate of drug-likeness (QED) is 0.842. The molecule has 0 saturated heterocycles. The van der Waals surface area contributed by atoms with Gasteiger partial charge in [-0.2, -0.15) is 0 Å². The summed E-state index contributed by atoms with van der Waals surface area (Å²) in [5, 5.41) is 3.46. The van der Waals surface area contributed by atoms with Crippen molar-refractivity contribution >= 4 is 0 Å². The standard InChI is InChI=1S/C16H24N4/c1-4-5-15-19-8-9-20(15)16-10-14(6-7-18-16)12-17-11-13(2)3/h6-10,13,17H,4-5,11-12H2,1-3H3. The third kappa shape index (κ3) is 3.90. The maximum Gasteiger partial charge on any atom is 0.138 e. The van der Waals surface area contributed by atoms with Crippen molar-refractivity contribution in [2.24, 2.45) is 5.92 Å². The van der Waals surface area contributed by atoms with Crippen LogP contribution >= 0.6 is 0 Å². The summed E-state index contributed by atoms with van der Waals surface area (Å²) in [5.74, 6) is 2.70. The van der Waals surface area contributed by atoms with Crippen LogP contribution in [0.25, 0.3) is 5.82 Å². The number of aromatic nitrogens is 3. The zero-order chi connectivity index (χ0) is 14.4. The summed E-state index contributed by atoms with van der Waals surface area (Å²) in [6.07, 6.45) is 7.77. The number of rotatable bonds is 7. The lowest BCUT2D eigenvalue weighted by molar-refractivity contribution is 0.552. The minimum Gasteiger partial charge on any atom is -0.312 e. The number of nitrogens with one attached hydrogen (secondary N) is 1. The molecule has 2 heterocycles. The zero-order valence-electron chi connectivity index (χ0n) is 12.6. The number of imidazole rings is 1. The molecule has 0 aliphatic rings. The molecule has 0 unspecified atom stereocenters. The topological polar surface area (TPSA) is 42.7 Å². The molecule has 4 nitrogen and oxygen atoms in total. The summed E-state index contributed by atoms with van der Waals surface area (Å²) in [5.41, 5.74) is 1.26. The molecular weight excluding hydrogens is 248 g/mol. The molecule has 108 valence electrons. The largest absolute Gasteiger partial charge is 0.312 e. The van der Waals surface area contributed by atoms with Crippen molar-refractivity contribution in [3.8, 4) is 5.82 Å². The normalized spacial score (nSPS) is 11.2. The minimum absolute atomic E-state index is 0.668. The maximum atomic E-state index is 4.46. The van der Waals surface area contributed by atoms with E-state index in [9.17, 15) is 0 Å². The van der Waals surface area contributed by atoms with Crippen molar-refractivity contribution in [1.82, 2.24) is 19.9 Å². The third-order valence-electron chi connectivity index (χ3n) is 3.13. The van der Waals surface area contributed by atoms with E-state index in [2.05, 4.69) is 52.8 Å². The lowest BCUT2D eigenvalue weighted by Gasteiger charge is -2.10. The van der Waals surface area contributed by atoms with Gasteiger partial charge in [0, 0.05) is 31.6 Å². The van der Waals surface area contributed by atoms with Gasteiger partial charge in [0.2, 0.25) is 0 Å². The van der Waals surface area contributed by atoms with E-state index >= 15 is 0 Å². The summed E-state index contributed by atoms with van der Waals surface area (Å²) in [4.78, 5) is 8.87. The van der Waals surface area contributed by atoms with E-state index in [1.165, 1.54) is 5.56 Å². The van der Waals surface area contributed by atoms with Crippen LogP contribution in [-0.4, -0.2) is 21.1 Å². The predicted octanol–water partition coefficient (Wildman–Crippen LogP) is 2.97. The second kappa shape index (κ2) is 7.20. The van der Waals surface area contributed by atoms with Gasteiger partial charge in [-0.05, 0) is 36.6 Å². The summed E-state index contributed by atoms with van der Waals surface area (Å²) in [6, 6.07) is 4.20. The number of pyridine rings is 1. The first-order valence-corrected chi connectivity index (χ1v) is 7.39. The van der Waals surface area contributed by atoms with Gasteiger partial charge in [-0.3, -0.25) is 4.57 Å². The summed E-state index contributed by atoms with van der Waals surface area (Å²) in [6.45, 7) is 8.51. The number of aryl methyl sites for hydroxylation is 1. The molecule has 0 bridgehead atoms. The fraction of sp³-hybridized carbons (Fsp3) is 0.500. The Labute approximate surface area is 121 Å². The van der Waals surface area contributed by atoms with Crippen LogP contribution in [-0.2, 0) is 13.0 Å².